The van der Waals surface area contributed by atoms with Gasteiger partial charge in [0.1, 0.15) is 18.0 Å². The van der Waals surface area contributed by atoms with Crippen molar-refractivity contribution in [3.05, 3.63) is 41.3 Å². The number of nitrogens with zero attached hydrogens (tertiary/aromatic N) is 2. The molecule has 0 saturated heterocycles. The highest BCUT2D eigenvalue weighted by atomic mass is 16.5. The fourth-order valence-electron chi connectivity index (χ4n) is 2.99. The molecule has 1 amide bonds. The summed E-state index contributed by atoms with van der Waals surface area (Å²) in [6.07, 6.45) is 1.75. The van der Waals surface area contributed by atoms with Crippen LogP contribution in [-0.2, 0) is 11.3 Å². The molecule has 0 saturated carbocycles. The van der Waals surface area contributed by atoms with E-state index in [4.69, 9.17) is 14.0 Å². The molecule has 0 atom stereocenters. The number of carboxylic acids is 1. The number of carbonyl (C=O) groups excluding carboxylic acids is 1. The summed E-state index contributed by atoms with van der Waals surface area (Å²) in [5.74, 6) is -0.337. The molecule has 1 aromatic heterocycles. The Bertz CT molecular complexity index is 791. The van der Waals surface area contributed by atoms with Crippen LogP contribution in [0.25, 0.3) is 0 Å². The second-order valence-corrected chi connectivity index (χ2v) is 6.41. The molecule has 0 bridgehead atoms. The van der Waals surface area contributed by atoms with Crippen LogP contribution in [0.2, 0.25) is 0 Å². The summed E-state index contributed by atoms with van der Waals surface area (Å²) in [7, 11) is 3.04. The fourth-order valence-corrected chi connectivity index (χ4v) is 2.99. The standard InChI is InChI=1S/C20H26N2O6/c1-5-14(6-2)17-10-18(28-21-17)20(25)22(12-19(23)24)11-13-7-15(26-3)9-16(8-13)27-4/h7-10,14H,5-6,11-12H2,1-4H3,(H,23,24). The molecule has 152 valence electrons. The van der Waals surface area contributed by atoms with Gasteiger partial charge in [0.15, 0.2) is 0 Å². The molecule has 1 N–H and O–H groups in total. The first-order chi connectivity index (χ1) is 13.4. The van der Waals surface area contributed by atoms with Crippen molar-refractivity contribution in [2.75, 3.05) is 20.8 Å². The molecule has 1 aromatic carbocycles. The largest absolute Gasteiger partial charge is 0.497 e. The zero-order valence-corrected chi connectivity index (χ0v) is 16.6. The van der Waals surface area contributed by atoms with Crippen molar-refractivity contribution in [1.82, 2.24) is 10.1 Å². The predicted octanol–water partition coefficient (Wildman–Crippen LogP) is 3.32. The molecule has 8 nitrogen and oxygen atoms in total. The summed E-state index contributed by atoms with van der Waals surface area (Å²) in [4.78, 5) is 25.4. The number of ether oxygens (including phenoxy) is 2. The van der Waals surface area contributed by atoms with Gasteiger partial charge in [0.2, 0.25) is 5.76 Å². The SMILES string of the molecule is CCC(CC)c1cc(C(=O)N(CC(=O)O)Cc2cc(OC)cc(OC)c2)on1. The Morgan fingerprint density at radius 1 is 1.11 bits per heavy atom. The summed E-state index contributed by atoms with van der Waals surface area (Å²) < 4.78 is 15.7. The molecule has 0 spiro atoms. The van der Waals surface area contributed by atoms with E-state index < -0.39 is 18.4 Å². The number of hydrogen-bond donors (Lipinski definition) is 1. The van der Waals surface area contributed by atoms with E-state index in [1.807, 2.05) is 13.8 Å². The van der Waals surface area contributed by atoms with Crippen molar-refractivity contribution in [1.29, 1.82) is 0 Å². The number of methoxy groups -OCH3 is 2. The van der Waals surface area contributed by atoms with Gasteiger partial charge in [-0.1, -0.05) is 19.0 Å². The fraction of sp³-hybridized carbons (Fsp3) is 0.450. The third-order valence-corrected chi connectivity index (χ3v) is 4.54. The molecule has 0 aliphatic heterocycles. The Kier molecular flexibility index (Phi) is 7.43. The first kappa shape index (κ1) is 21.3. The Labute approximate surface area is 164 Å². The van der Waals surface area contributed by atoms with E-state index in [1.165, 1.54) is 19.1 Å². The van der Waals surface area contributed by atoms with E-state index in [1.54, 1.807) is 24.3 Å². The van der Waals surface area contributed by atoms with Crippen molar-refractivity contribution >= 4 is 11.9 Å². The number of rotatable bonds is 10. The summed E-state index contributed by atoms with van der Waals surface area (Å²) in [6.45, 7) is 3.66. The van der Waals surface area contributed by atoms with Crippen molar-refractivity contribution in [2.45, 2.75) is 39.2 Å². The first-order valence-corrected chi connectivity index (χ1v) is 9.11. The normalized spacial score (nSPS) is 10.8. The molecule has 0 aliphatic carbocycles. The van der Waals surface area contributed by atoms with Crippen molar-refractivity contribution in [3.63, 3.8) is 0 Å². The lowest BCUT2D eigenvalue weighted by atomic mass is 9.99. The van der Waals surface area contributed by atoms with Gasteiger partial charge >= 0.3 is 5.97 Å². The minimum absolute atomic E-state index is 0.0259. The average Bonchev–Trinajstić information content (AvgIpc) is 3.17. The van der Waals surface area contributed by atoms with E-state index in [2.05, 4.69) is 5.16 Å². The minimum Gasteiger partial charge on any atom is -0.497 e. The van der Waals surface area contributed by atoms with Gasteiger partial charge in [0.25, 0.3) is 5.91 Å². The molecule has 0 fully saturated rings. The van der Waals surface area contributed by atoms with Gasteiger partial charge in [0.05, 0.1) is 19.9 Å². The average molecular weight is 390 g/mol. The number of hydrogen-bond acceptors (Lipinski definition) is 6. The van der Waals surface area contributed by atoms with E-state index in [9.17, 15) is 14.7 Å². The lowest BCUT2D eigenvalue weighted by molar-refractivity contribution is -0.137. The number of carboxylic acid groups (broad SMARTS) is 1. The van der Waals surface area contributed by atoms with Crippen LogP contribution in [0.4, 0.5) is 0 Å². The van der Waals surface area contributed by atoms with E-state index in [0.29, 0.717) is 22.8 Å². The zero-order valence-electron chi connectivity index (χ0n) is 16.6. The summed E-state index contributed by atoms with van der Waals surface area (Å²) in [5, 5.41) is 13.2. The number of aliphatic carboxylic acids is 1. The smallest absolute Gasteiger partial charge is 0.323 e. The molecule has 0 unspecified atom stereocenters. The molecule has 1 heterocycles. The minimum atomic E-state index is -1.12. The number of benzene rings is 1. The second-order valence-electron chi connectivity index (χ2n) is 6.41. The lowest BCUT2D eigenvalue weighted by Crippen LogP contribution is -2.35. The van der Waals surface area contributed by atoms with Crippen molar-refractivity contribution < 1.29 is 28.7 Å². The molecule has 2 rings (SSSR count). The number of carbonyl (C=O) groups is 2. The van der Waals surface area contributed by atoms with Gasteiger partial charge in [-0.15, -0.1) is 0 Å². The first-order valence-electron chi connectivity index (χ1n) is 9.11. The summed E-state index contributed by atoms with van der Waals surface area (Å²) in [6, 6.07) is 6.74. The van der Waals surface area contributed by atoms with Gasteiger partial charge < -0.3 is 24.0 Å². The van der Waals surface area contributed by atoms with Gasteiger partial charge in [-0.25, -0.2) is 0 Å². The molecule has 0 radical (unpaired) electrons. The van der Waals surface area contributed by atoms with Crippen LogP contribution < -0.4 is 9.47 Å². The number of aromatic nitrogens is 1. The Balaban J connectivity index is 2.28. The van der Waals surface area contributed by atoms with Gasteiger partial charge in [0, 0.05) is 24.6 Å². The quantitative estimate of drug-likeness (QED) is 0.664. The lowest BCUT2D eigenvalue weighted by Gasteiger charge is -2.20. The van der Waals surface area contributed by atoms with Crippen LogP contribution in [0.3, 0.4) is 0 Å². The number of amides is 1. The summed E-state index contributed by atoms with van der Waals surface area (Å²) >= 11 is 0. The van der Waals surface area contributed by atoms with Gasteiger partial charge in [-0.05, 0) is 30.5 Å². The predicted molar refractivity (Wildman–Crippen MR) is 102 cm³/mol. The van der Waals surface area contributed by atoms with Crippen molar-refractivity contribution in [3.8, 4) is 11.5 Å². The van der Waals surface area contributed by atoms with E-state index in [0.717, 1.165) is 12.8 Å². The van der Waals surface area contributed by atoms with Gasteiger partial charge in [-0.2, -0.15) is 0 Å². The van der Waals surface area contributed by atoms with Crippen LogP contribution in [-0.4, -0.2) is 47.8 Å². The highest BCUT2D eigenvalue weighted by molar-refractivity contribution is 5.93. The van der Waals surface area contributed by atoms with E-state index in [-0.39, 0.29) is 18.2 Å². The van der Waals surface area contributed by atoms with Gasteiger partial charge in [-0.3, -0.25) is 9.59 Å². The van der Waals surface area contributed by atoms with Crippen LogP contribution in [0, 0.1) is 0 Å². The third kappa shape index (κ3) is 5.25. The Morgan fingerprint density at radius 2 is 1.71 bits per heavy atom. The molecule has 0 aliphatic rings. The Hall–Kier alpha value is -3.03. The maximum absolute atomic E-state index is 12.9. The van der Waals surface area contributed by atoms with E-state index >= 15 is 0 Å². The van der Waals surface area contributed by atoms with Crippen molar-refractivity contribution in [2.24, 2.45) is 0 Å². The molecular weight excluding hydrogens is 364 g/mol. The maximum atomic E-state index is 12.9. The second kappa shape index (κ2) is 9.77. The molecular formula is C20H26N2O6. The zero-order chi connectivity index (χ0) is 20.7. The van der Waals surface area contributed by atoms with Crippen LogP contribution in [0.1, 0.15) is 54.4 Å². The topological polar surface area (TPSA) is 102 Å². The van der Waals surface area contributed by atoms with Crippen LogP contribution >= 0.6 is 0 Å². The Morgan fingerprint density at radius 3 is 2.21 bits per heavy atom. The molecule has 8 heteroatoms. The van der Waals surface area contributed by atoms with Crippen LogP contribution in [0.15, 0.2) is 28.8 Å². The highest BCUT2D eigenvalue weighted by Gasteiger charge is 2.24. The monoisotopic (exact) mass is 390 g/mol. The maximum Gasteiger partial charge on any atom is 0.323 e. The highest BCUT2D eigenvalue weighted by Crippen LogP contribution is 2.25. The molecule has 2 aromatic rings. The molecule has 28 heavy (non-hydrogen) atoms. The third-order valence-electron chi connectivity index (χ3n) is 4.54. The summed E-state index contributed by atoms with van der Waals surface area (Å²) in [5.41, 5.74) is 1.37. The van der Waals surface area contributed by atoms with Crippen LogP contribution in [0.5, 0.6) is 11.5 Å².